The third kappa shape index (κ3) is 8.18. The van der Waals surface area contributed by atoms with Gasteiger partial charge in [0.2, 0.25) is 0 Å². The van der Waals surface area contributed by atoms with Crippen molar-refractivity contribution in [1.29, 1.82) is 0 Å². The van der Waals surface area contributed by atoms with Crippen LogP contribution in [0.25, 0.3) is 0 Å². The molecule has 0 radical (unpaired) electrons. The SMILES string of the molecule is CC(C)(C)/C=C(/C(=O)O)C(C)(C)C.CN. The average Bonchev–Trinajstić information content (AvgIpc) is 2.00. The van der Waals surface area contributed by atoms with Gasteiger partial charge < -0.3 is 10.8 Å². The fraction of sp³-hybridized carbons (Fsp3) is 0.750. The quantitative estimate of drug-likeness (QED) is 0.661. The minimum Gasteiger partial charge on any atom is -0.478 e. The molecule has 0 aromatic carbocycles. The van der Waals surface area contributed by atoms with E-state index < -0.39 is 5.97 Å². The maximum Gasteiger partial charge on any atom is 0.331 e. The normalized spacial score (nSPS) is 12.9. The van der Waals surface area contributed by atoms with Gasteiger partial charge in [-0.2, -0.15) is 0 Å². The first-order valence-corrected chi connectivity index (χ1v) is 5.08. The van der Waals surface area contributed by atoms with E-state index in [2.05, 4.69) is 5.73 Å². The molecule has 0 bridgehead atoms. The molecule has 0 aromatic rings. The molecule has 3 N–H and O–H groups in total. The smallest absolute Gasteiger partial charge is 0.331 e. The van der Waals surface area contributed by atoms with Crippen molar-refractivity contribution in [3.8, 4) is 0 Å². The number of carboxylic acids is 1. The highest BCUT2D eigenvalue weighted by atomic mass is 16.4. The Kier molecular flexibility index (Phi) is 6.54. The van der Waals surface area contributed by atoms with E-state index in [1.165, 1.54) is 7.05 Å². The molecule has 0 spiro atoms. The summed E-state index contributed by atoms with van der Waals surface area (Å²) in [5.74, 6) is -0.817. The summed E-state index contributed by atoms with van der Waals surface area (Å²) in [6.07, 6.45) is 1.83. The molecule has 0 saturated carbocycles. The van der Waals surface area contributed by atoms with Crippen molar-refractivity contribution < 1.29 is 9.90 Å². The van der Waals surface area contributed by atoms with E-state index in [9.17, 15) is 4.79 Å². The Morgan fingerprint density at radius 2 is 1.40 bits per heavy atom. The van der Waals surface area contributed by atoms with E-state index in [1.54, 1.807) is 0 Å². The molecular formula is C12H25NO2. The number of hydrogen-bond donors (Lipinski definition) is 2. The van der Waals surface area contributed by atoms with Crippen LogP contribution in [0.15, 0.2) is 11.6 Å². The minimum absolute atomic E-state index is 0.0823. The molecule has 0 atom stereocenters. The fourth-order valence-corrected chi connectivity index (χ4v) is 1.03. The maximum absolute atomic E-state index is 11.0. The monoisotopic (exact) mass is 215 g/mol. The molecule has 0 rings (SSSR count). The molecule has 0 unspecified atom stereocenters. The van der Waals surface area contributed by atoms with Crippen LogP contribution in [-0.2, 0) is 4.79 Å². The van der Waals surface area contributed by atoms with Gasteiger partial charge in [-0.15, -0.1) is 0 Å². The molecule has 90 valence electrons. The second kappa shape index (κ2) is 5.91. The number of rotatable bonds is 1. The standard InChI is InChI=1S/C11H20O2.CH5N/c1-10(2,3)7-8(9(12)13)11(4,5)6;1-2/h7H,1-6H3,(H,12,13);2H2,1H3/b8-7-;. The van der Waals surface area contributed by atoms with Crippen molar-refractivity contribution in [3.05, 3.63) is 11.6 Å². The lowest BCUT2D eigenvalue weighted by atomic mass is 9.81. The number of nitrogens with two attached hydrogens (primary N) is 1. The van der Waals surface area contributed by atoms with Crippen LogP contribution in [0.1, 0.15) is 41.5 Å². The van der Waals surface area contributed by atoms with Crippen molar-refractivity contribution in [3.63, 3.8) is 0 Å². The van der Waals surface area contributed by atoms with Gasteiger partial charge in [0.15, 0.2) is 0 Å². The van der Waals surface area contributed by atoms with E-state index in [1.807, 2.05) is 47.6 Å². The molecule has 0 fully saturated rings. The zero-order chi connectivity index (χ0) is 12.9. The summed E-state index contributed by atoms with van der Waals surface area (Å²) in [6, 6.07) is 0. The maximum atomic E-state index is 11.0. The topological polar surface area (TPSA) is 63.3 Å². The summed E-state index contributed by atoms with van der Waals surface area (Å²) in [5, 5.41) is 9.00. The predicted octanol–water partition coefficient (Wildman–Crippen LogP) is 2.66. The van der Waals surface area contributed by atoms with Crippen molar-refractivity contribution >= 4 is 5.97 Å². The summed E-state index contributed by atoms with van der Waals surface area (Å²) < 4.78 is 0. The predicted molar refractivity (Wildman–Crippen MR) is 64.7 cm³/mol. The van der Waals surface area contributed by atoms with Crippen molar-refractivity contribution in [2.24, 2.45) is 16.6 Å². The third-order valence-electron chi connectivity index (χ3n) is 1.62. The highest BCUT2D eigenvalue weighted by Gasteiger charge is 2.25. The highest BCUT2D eigenvalue weighted by molar-refractivity contribution is 5.88. The number of carboxylic acid groups (broad SMARTS) is 1. The van der Waals surface area contributed by atoms with Crippen LogP contribution < -0.4 is 5.73 Å². The molecule has 0 aliphatic carbocycles. The van der Waals surface area contributed by atoms with Crippen LogP contribution in [0.5, 0.6) is 0 Å². The molecule has 0 heterocycles. The molecule has 0 amide bonds. The van der Waals surface area contributed by atoms with Gasteiger partial charge >= 0.3 is 5.97 Å². The Labute approximate surface area is 93.4 Å². The first-order valence-electron chi connectivity index (χ1n) is 5.08. The van der Waals surface area contributed by atoms with Crippen LogP contribution in [0, 0.1) is 10.8 Å². The Balaban J connectivity index is 0. The van der Waals surface area contributed by atoms with Crippen LogP contribution in [0.3, 0.4) is 0 Å². The number of hydrogen-bond acceptors (Lipinski definition) is 2. The van der Waals surface area contributed by atoms with E-state index in [4.69, 9.17) is 5.11 Å². The molecular weight excluding hydrogens is 190 g/mol. The lowest BCUT2D eigenvalue weighted by Gasteiger charge is -2.23. The minimum atomic E-state index is -0.817. The number of carbonyl (C=O) groups is 1. The molecule has 0 saturated heterocycles. The summed E-state index contributed by atoms with van der Waals surface area (Å²) in [5.41, 5.74) is 4.61. The van der Waals surface area contributed by atoms with Gasteiger partial charge in [0.25, 0.3) is 0 Å². The fourth-order valence-electron chi connectivity index (χ4n) is 1.03. The molecule has 0 aromatic heterocycles. The number of allylic oxidation sites excluding steroid dienone is 1. The van der Waals surface area contributed by atoms with Gasteiger partial charge in [-0.05, 0) is 17.9 Å². The number of aliphatic carboxylic acids is 1. The second-order valence-electron chi connectivity index (χ2n) is 5.48. The van der Waals surface area contributed by atoms with Gasteiger partial charge in [-0.3, -0.25) is 0 Å². The van der Waals surface area contributed by atoms with E-state index in [-0.39, 0.29) is 10.8 Å². The third-order valence-corrected chi connectivity index (χ3v) is 1.62. The van der Waals surface area contributed by atoms with Crippen molar-refractivity contribution in [2.45, 2.75) is 41.5 Å². The first-order chi connectivity index (χ1) is 6.54. The zero-order valence-electron chi connectivity index (χ0n) is 11.0. The second-order valence-corrected chi connectivity index (χ2v) is 5.48. The summed E-state index contributed by atoms with van der Waals surface area (Å²) in [4.78, 5) is 11.0. The van der Waals surface area contributed by atoms with Gasteiger partial charge in [0.05, 0.1) is 0 Å². The Hall–Kier alpha value is -0.830. The molecule has 0 aliphatic heterocycles. The molecule has 0 aliphatic rings. The van der Waals surface area contributed by atoms with E-state index >= 15 is 0 Å². The van der Waals surface area contributed by atoms with Crippen LogP contribution in [-0.4, -0.2) is 18.1 Å². The van der Waals surface area contributed by atoms with Crippen LogP contribution >= 0.6 is 0 Å². The highest BCUT2D eigenvalue weighted by Crippen LogP contribution is 2.29. The van der Waals surface area contributed by atoms with Gasteiger partial charge in [0, 0.05) is 5.57 Å². The average molecular weight is 215 g/mol. The largest absolute Gasteiger partial charge is 0.478 e. The van der Waals surface area contributed by atoms with Gasteiger partial charge in [0.1, 0.15) is 0 Å². The Morgan fingerprint density at radius 1 is 1.07 bits per heavy atom. The summed E-state index contributed by atoms with van der Waals surface area (Å²) >= 11 is 0. The molecule has 3 nitrogen and oxygen atoms in total. The lowest BCUT2D eigenvalue weighted by molar-refractivity contribution is -0.133. The summed E-state index contributed by atoms with van der Waals surface area (Å²) in [7, 11) is 1.50. The lowest BCUT2D eigenvalue weighted by Crippen LogP contribution is -2.20. The summed E-state index contributed by atoms with van der Waals surface area (Å²) in [6.45, 7) is 11.8. The Morgan fingerprint density at radius 3 is 1.47 bits per heavy atom. The molecule has 3 heteroatoms. The van der Waals surface area contributed by atoms with E-state index in [0.29, 0.717) is 5.57 Å². The van der Waals surface area contributed by atoms with E-state index in [0.717, 1.165) is 0 Å². The van der Waals surface area contributed by atoms with Crippen LogP contribution in [0.2, 0.25) is 0 Å². The van der Waals surface area contributed by atoms with Crippen molar-refractivity contribution in [1.82, 2.24) is 0 Å². The Bertz CT molecular complexity index is 229. The van der Waals surface area contributed by atoms with Crippen molar-refractivity contribution in [2.75, 3.05) is 7.05 Å². The van der Waals surface area contributed by atoms with Gasteiger partial charge in [-0.1, -0.05) is 47.6 Å². The first kappa shape index (κ1) is 16.6. The van der Waals surface area contributed by atoms with Crippen LogP contribution in [0.4, 0.5) is 0 Å². The molecule has 15 heavy (non-hydrogen) atoms. The zero-order valence-corrected chi connectivity index (χ0v) is 11.0. The van der Waals surface area contributed by atoms with Gasteiger partial charge in [-0.25, -0.2) is 4.79 Å².